The lowest BCUT2D eigenvalue weighted by atomic mass is 10.1. The average molecular weight is 271 g/mol. The summed E-state index contributed by atoms with van der Waals surface area (Å²) in [6.45, 7) is 6.06. The van der Waals surface area contributed by atoms with Gasteiger partial charge in [-0.25, -0.2) is 0 Å². The fourth-order valence-electron chi connectivity index (χ4n) is 2.06. The maximum absolute atomic E-state index is 11.6. The first kappa shape index (κ1) is 14.4. The van der Waals surface area contributed by atoms with E-state index < -0.39 is 0 Å². The van der Waals surface area contributed by atoms with Crippen molar-refractivity contribution >= 4 is 11.8 Å². The maximum Gasteiger partial charge on any atom is 0.232 e. The summed E-state index contributed by atoms with van der Waals surface area (Å²) >= 11 is 0. The summed E-state index contributed by atoms with van der Waals surface area (Å²) in [7, 11) is 0. The zero-order valence-corrected chi connectivity index (χ0v) is 11.5. The van der Waals surface area contributed by atoms with E-state index in [9.17, 15) is 9.59 Å². The van der Waals surface area contributed by atoms with Crippen molar-refractivity contribution in [3.8, 4) is 0 Å². The van der Waals surface area contributed by atoms with Crippen molar-refractivity contribution in [1.82, 2.24) is 4.90 Å². The van der Waals surface area contributed by atoms with Crippen LogP contribution in [0.4, 0.5) is 0 Å². The Balaban J connectivity index is 1.47. The predicted octanol–water partition coefficient (Wildman–Crippen LogP) is 0.202. The molecule has 2 saturated heterocycles. The molecule has 0 saturated carbocycles. The number of nitrogens with zero attached hydrogens (tertiary/aromatic N) is 1. The largest absolute Gasteiger partial charge is 0.377 e. The first-order chi connectivity index (χ1) is 9.09. The Hall–Kier alpha value is -0.980. The predicted molar refractivity (Wildman–Crippen MR) is 66.5 cm³/mol. The molecule has 2 amide bonds. The molecule has 6 nitrogen and oxygen atoms in total. The van der Waals surface area contributed by atoms with Crippen molar-refractivity contribution in [2.24, 2.45) is 5.92 Å². The van der Waals surface area contributed by atoms with Gasteiger partial charge in [0.05, 0.1) is 39.1 Å². The second-order valence-electron chi connectivity index (χ2n) is 5.06. The molecule has 0 aromatic carbocycles. The Morgan fingerprint density at radius 2 is 1.89 bits per heavy atom. The number of likely N-dealkylation sites (tertiary alicyclic amines) is 1. The number of epoxide rings is 1. The monoisotopic (exact) mass is 271 g/mol. The molecule has 6 heteroatoms. The van der Waals surface area contributed by atoms with Gasteiger partial charge in [0.25, 0.3) is 0 Å². The molecule has 0 aromatic rings. The van der Waals surface area contributed by atoms with Crippen LogP contribution < -0.4 is 0 Å². The number of hydrogen-bond donors (Lipinski definition) is 0. The van der Waals surface area contributed by atoms with Crippen LogP contribution in [0, 0.1) is 5.92 Å². The molecule has 0 aromatic heterocycles. The van der Waals surface area contributed by atoms with Crippen molar-refractivity contribution in [3.63, 3.8) is 0 Å². The Morgan fingerprint density at radius 3 is 2.47 bits per heavy atom. The van der Waals surface area contributed by atoms with Crippen LogP contribution in [0.5, 0.6) is 0 Å². The number of ether oxygens (including phenoxy) is 3. The van der Waals surface area contributed by atoms with Crippen molar-refractivity contribution in [3.05, 3.63) is 0 Å². The normalized spacial score (nSPS) is 30.2. The topological polar surface area (TPSA) is 68.4 Å². The number of carbonyl (C=O) groups excluding carboxylic acids is 2. The van der Waals surface area contributed by atoms with Crippen LogP contribution in [0.25, 0.3) is 0 Å². The molecule has 3 atom stereocenters. The Kier molecular flexibility index (Phi) is 4.90. The Morgan fingerprint density at radius 1 is 1.21 bits per heavy atom. The molecule has 19 heavy (non-hydrogen) atoms. The summed E-state index contributed by atoms with van der Waals surface area (Å²) in [5, 5.41) is 0. The SMILES string of the molecule is CC1CC(=O)N(CCOCCOCC2OC2C)C1=O. The first-order valence-corrected chi connectivity index (χ1v) is 6.74. The molecule has 0 N–H and O–H groups in total. The van der Waals surface area contributed by atoms with Gasteiger partial charge in [0.2, 0.25) is 11.8 Å². The van der Waals surface area contributed by atoms with Crippen molar-refractivity contribution in [1.29, 1.82) is 0 Å². The van der Waals surface area contributed by atoms with E-state index in [-0.39, 0.29) is 23.8 Å². The lowest BCUT2D eigenvalue weighted by Gasteiger charge is -2.14. The highest BCUT2D eigenvalue weighted by Crippen LogP contribution is 2.20. The molecule has 108 valence electrons. The molecule has 0 bridgehead atoms. The Bertz CT molecular complexity index is 346. The van der Waals surface area contributed by atoms with E-state index in [4.69, 9.17) is 14.2 Å². The number of imide groups is 1. The molecule has 2 rings (SSSR count). The molecular weight excluding hydrogens is 250 g/mol. The van der Waals surface area contributed by atoms with Crippen LogP contribution in [-0.4, -0.2) is 61.9 Å². The van der Waals surface area contributed by atoms with Gasteiger partial charge in [0.1, 0.15) is 6.10 Å². The second-order valence-corrected chi connectivity index (χ2v) is 5.06. The lowest BCUT2D eigenvalue weighted by Crippen LogP contribution is -2.33. The van der Waals surface area contributed by atoms with E-state index >= 15 is 0 Å². The average Bonchev–Trinajstić information content (AvgIpc) is 3.01. The van der Waals surface area contributed by atoms with Crippen LogP contribution >= 0.6 is 0 Å². The third kappa shape index (κ3) is 3.99. The fourth-order valence-corrected chi connectivity index (χ4v) is 2.06. The van der Waals surface area contributed by atoms with Crippen LogP contribution in [0.15, 0.2) is 0 Å². The third-order valence-corrected chi connectivity index (χ3v) is 3.42. The second kappa shape index (κ2) is 6.45. The molecule has 2 heterocycles. The minimum absolute atomic E-state index is 0.0929. The highest BCUT2D eigenvalue weighted by Gasteiger charge is 2.35. The molecule has 0 aliphatic carbocycles. The van der Waals surface area contributed by atoms with Gasteiger partial charge in [-0.05, 0) is 6.92 Å². The number of carbonyl (C=O) groups is 2. The van der Waals surface area contributed by atoms with Gasteiger partial charge in [0, 0.05) is 12.3 Å². The number of amides is 2. The van der Waals surface area contributed by atoms with Crippen molar-refractivity contribution in [2.45, 2.75) is 32.5 Å². The van der Waals surface area contributed by atoms with Gasteiger partial charge >= 0.3 is 0 Å². The van der Waals surface area contributed by atoms with Gasteiger partial charge in [-0.1, -0.05) is 6.92 Å². The summed E-state index contributed by atoms with van der Waals surface area (Å²) in [4.78, 5) is 24.4. The van der Waals surface area contributed by atoms with E-state index in [0.717, 1.165) is 0 Å². The van der Waals surface area contributed by atoms with Crippen LogP contribution in [-0.2, 0) is 23.8 Å². The van der Waals surface area contributed by atoms with E-state index in [1.165, 1.54) is 4.90 Å². The van der Waals surface area contributed by atoms with Gasteiger partial charge in [-0.3, -0.25) is 14.5 Å². The van der Waals surface area contributed by atoms with Crippen LogP contribution in [0.3, 0.4) is 0 Å². The highest BCUT2D eigenvalue weighted by atomic mass is 16.6. The minimum atomic E-state index is -0.184. The van der Waals surface area contributed by atoms with Gasteiger partial charge in [-0.2, -0.15) is 0 Å². The van der Waals surface area contributed by atoms with Gasteiger partial charge < -0.3 is 14.2 Å². The molecule has 3 unspecified atom stereocenters. The van der Waals surface area contributed by atoms with Crippen LogP contribution in [0.2, 0.25) is 0 Å². The standard InChI is InChI=1S/C13H21NO5/c1-9-7-12(15)14(13(9)16)3-4-17-5-6-18-8-11-10(2)19-11/h9-11H,3-8H2,1-2H3. The zero-order chi connectivity index (χ0) is 13.8. The summed E-state index contributed by atoms with van der Waals surface area (Å²) in [6, 6.07) is 0. The molecule has 0 spiro atoms. The third-order valence-electron chi connectivity index (χ3n) is 3.42. The van der Waals surface area contributed by atoms with Crippen LogP contribution in [0.1, 0.15) is 20.3 Å². The molecule has 2 aliphatic heterocycles. The molecule has 0 radical (unpaired) electrons. The fraction of sp³-hybridized carbons (Fsp3) is 0.846. The lowest BCUT2D eigenvalue weighted by molar-refractivity contribution is -0.140. The minimum Gasteiger partial charge on any atom is -0.377 e. The molecule has 2 aliphatic rings. The summed E-state index contributed by atoms with van der Waals surface area (Å²) in [5.41, 5.74) is 0. The summed E-state index contributed by atoms with van der Waals surface area (Å²) in [5.74, 6) is -0.377. The Labute approximate surface area is 113 Å². The van der Waals surface area contributed by atoms with Crippen molar-refractivity contribution < 1.29 is 23.8 Å². The van der Waals surface area contributed by atoms with E-state index in [1.807, 2.05) is 6.92 Å². The quantitative estimate of drug-likeness (QED) is 0.358. The highest BCUT2D eigenvalue weighted by molar-refractivity contribution is 6.03. The number of rotatable bonds is 8. The summed E-state index contributed by atoms with van der Waals surface area (Å²) < 4.78 is 15.9. The van der Waals surface area contributed by atoms with E-state index in [2.05, 4.69) is 0 Å². The maximum atomic E-state index is 11.6. The van der Waals surface area contributed by atoms with Crippen molar-refractivity contribution in [2.75, 3.05) is 33.0 Å². The molecule has 2 fully saturated rings. The van der Waals surface area contributed by atoms with Gasteiger partial charge in [-0.15, -0.1) is 0 Å². The van der Waals surface area contributed by atoms with E-state index in [1.54, 1.807) is 6.92 Å². The zero-order valence-electron chi connectivity index (χ0n) is 11.5. The smallest absolute Gasteiger partial charge is 0.232 e. The summed E-state index contributed by atoms with van der Waals surface area (Å²) in [6.07, 6.45) is 0.873. The van der Waals surface area contributed by atoms with E-state index in [0.29, 0.717) is 45.5 Å². The molecular formula is C13H21NO5. The van der Waals surface area contributed by atoms with Gasteiger partial charge in [0.15, 0.2) is 0 Å². The number of hydrogen-bond acceptors (Lipinski definition) is 5. The first-order valence-electron chi connectivity index (χ1n) is 6.74.